The van der Waals surface area contributed by atoms with Gasteiger partial charge >= 0.3 is 0 Å². The standard InChI is InChI=1S/C23H16N4O2.2C2H6/c28-15-16-6-7-22-25-18(14-27(22)12-16)13-26-9-8-19-20(17-4-2-1-3-5-17)10-24-11-21(19)23(26)29;2*1-2/h1-12,14-15H,13H2;2*1-2H3. The van der Waals surface area contributed by atoms with Gasteiger partial charge in [-0.3, -0.25) is 14.6 Å². The van der Waals surface area contributed by atoms with Gasteiger partial charge in [-0.05, 0) is 29.1 Å². The van der Waals surface area contributed by atoms with E-state index in [4.69, 9.17) is 0 Å². The monoisotopic (exact) mass is 440 g/mol. The lowest BCUT2D eigenvalue weighted by molar-refractivity contribution is 0.112. The van der Waals surface area contributed by atoms with E-state index in [0.717, 1.165) is 34.1 Å². The molecule has 0 saturated heterocycles. The van der Waals surface area contributed by atoms with Gasteiger partial charge in [-0.2, -0.15) is 0 Å². The van der Waals surface area contributed by atoms with Crippen molar-refractivity contribution in [3.8, 4) is 11.1 Å². The molecule has 1 aromatic carbocycles. The molecule has 4 heterocycles. The first-order valence-corrected chi connectivity index (χ1v) is 11.2. The van der Waals surface area contributed by atoms with E-state index in [-0.39, 0.29) is 5.56 Å². The van der Waals surface area contributed by atoms with Gasteiger partial charge in [0.1, 0.15) is 5.65 Å². The van der Waals surface area contributed by atoms with Crippen LogP contribution in [0, 0.1) is 0 Å². The SMILES string of the molecule is CC.CC.O=Cc1ccc2nc(Cn3ccc4c(-c5ccccc5)cncc4c3=O)cn2c1. The van der Waals surface area contributed by atoms with Crippen LogP contribution < -0.4 is 5.56 Å². The van der Waals surface area contributed by atoms with Crippen LogP contribution in [0.2, 0.25) is 0 Å². The third-order valence-corrected chi connectivity index (χ3v) is 4.98. The first-order chi connectivity index (χ1) is 16.2. The summed E-state index contributed by atoms with van der Waals surface area (Å²) in [6.07, 6.45) is 9.53. The van der Waals surface area contributed by atoms with Crippen LogP contribution in [0.15, 0.2) is 84.3 Å². The minimum absolute atomic E-state index is 0.113. The number of aldehydes is 1. The van der Waals surface area contributed by atoms with Crippen molar-refractivity contribution in [1.29, 1.82) is 0 Å². The molecule has 0 spiro atoms. The Morgan fingerprint density at radius 3 is 2.36 bits per heavy atom. The van der Waals surface area contributed by atoms with Gasteiger partial charge in [-0.1, -0.05) is 58.0 Å². The van der Waals surface area contributed by atoms with Crippen molar-refractivity contribution < 1.29 is 4.79 Å². The molecule has 0 atom stereocenters. The third-order valence-electron chi connectivity index (χ3n) is 4.98. The number of carbonyl (C=O) groups is 1. The maximum absolute atomic E-state index is 13.1. The molecule has 0 bridgehead atoms. The molecule has 0 saturated carbocycles. The van der Waals surface area contributed by atoms with Crippen LogP contribution in [0.4, 0.5) is 0 Å². The zero-order valence-corrected chi connectivity index (χ0v) is 19.4. The van der Waals surface area contributed by atoms with Crippen LogP contribution in [0.5, 0.6) is 0 Å². The van der Waals surface area contributed by atoms with E-state index in [1.54, 1.807) is 45.9 Å². The minimum atomic E-state index is -0.113. The number of imidazole rings is 1. The number of pyridine rings is 3. The van der Waals surface area contributed by atoms with Gasteiger partial charge in [0.05, 0.1) is 17.6 Å². The van der Waals surface area contributed by atoms with Gasteiger partial charge in [0, 0.05) is 42.1 Å². The lowest BCUT2D eigenvalue weighted by Gasteiger charge is -2.09. The van der Waals surface area contributed by atoms with Crippen LogP contribution >= 0.6 is 0 Å². The highest BCUT2D eigenvalue weighted by molar-refractivity contribution is 5.95. The van der Waals surface area contributed by atoms with Crippen molar-refractivity contribution in [3.63, 3.8) is 0 Å². The molecule has 168 valence electrons. The van der Waals surface area contributed by atoms with Crippen LogP contribution in [0.1, 0.15) is 43.7 Å². The Balaban J connectivity index is 0.000000728. The fourth-order valence-corrected chi connectivity index (χ4v) is 3.56. The molecule has 0 unspecified atom stereocenters. The first-order valence-electron chi connectivity index (χ1n) is 11.2. The van der Waals surface area contributed by atoms with E-state index in [0.29, 0.717) is 17.5 Å². The molecule has 0 fully saturated rings. The molecule has 0 aliphatic rings. The van der Waals surface area contributed by atoms with Crippen molar-refractivity contribution in [1.82, 2.24) is 18.9 Å². The first kappa shape index (κ1) is 23.6. The van der Waals surface area contributed by atoms with Crippen LogP contribution in [-0.4, -0.2) is 25.2 Å². The predicted octanol–water partition coefficient (Wildman–Crippen LogP) is 5.62. The summed E-state index contributed by atoms with van der Waals surface area (Å²) in [6.45, 7) is 8.34. The van der Waals surface area contributed by atoms with Gasteiger partial charge in [0.2, 0.25) is 0 Å². The number of nitrogens with zero attached hydrogens (tertiary/aromatic N) is 4. The molecular weight excluding hydrogens is 412 g/mol. The summed E-state index contributed by atoms with van der Waals surface area (Å²) in [5.74, 6) is 0. The summed E-state index contributed by atoms with van der Waals surface area (Å²) < 4.78 is 3.42. The highest BCUT2D eigenvalue weighted by atomic mass is 16.1. The molecule has 4 aromatic heterocycles. The second kappa shape index (κ2) is 11.0. The van der Waals surface area contributed by atoms with Crippen LogP contribution in [0.3, 0.4) is 0 Å². The van der Waals surface area contributed by atoms with Gasteiger partial charge in [0.15, 0.2) is 6.29 Å². The molecule has 33 heavy (non-hydrogen) atoms. The molecule has 0 amide bonds. The van der Waals surface area contributed by atoms with Crippen molar-refractivity contribution in [2.75, 3.05) is 0 Å². The average Bonchev–Trinajstić information content (AvgIpc) is 3.30. The van der Waals surface area contributed by atoms with Crippen molar-refractivity contribution >= 4 is 22.7 Å². The van der Waals surface area contributed by atoms with Crippen LogP contribution in [-0.2, 0) is 6.54 Å². The Morgan fingerprint density at radius 2 is 1.64 bits per heavy atom. The highest BCUT2D eigenvalue weighted by Gasteiger charge is 2.10. The Hall–Kier alpha value is -4.06. The van der Waals surface area contributed by atoms with E-state index in [9.17, 15) is 9.59 Å². The summed E-state index contributed by atoms with van der Waals surface area (Å²) in [4.78, 5) is 32.9. The lowest BCUT2D eigenvalue weighted by Crippen LogP contribution is -2.20. The topological polar surface area (TPSA) is 69.3 Å². The maximum atomic E-state index is 13.1. The Bertz CT molecular complexity index is 1420. The minimum Gasteiger partial charge on any atom is -0.309 e. The second-order valence-electron chi connectivity index (χ2n) is 6.84. The fourth-order valence-electron chi connectivity index (χ4n) is 3.56. The molecule has 0 N–H and O–H groups in total. The second-order valence-corrected chi connectivity index (χ2v) is 6.84. The van der Waals surface area contributed by atoms with Gasteiger partial charge in [-0.25, -0.2) is 4.98 Å². The quantitative estimate of drug-likeness (QED) is 0.340. The van der Waals surface area contributed by atoms with E-state index in [2.05, 4.69) is 9.97 Å². The summed E-state index contributed by atoms with van der Waals surface area (Å²) in [7, 11) is 0. The molecule has 6 nitrogen and oxygen atoms in total. The summed E-state index contributed by atoms with van der Waals surface area (Å²) >= 11 is 0. The molecular formula is C27H28N4O2. The van der Waals surface area contributed by atoms with E-state index >= 15 is 0 Å². The maximum Gasteiger partial charge on any atom is 0.260 e. The molecule has 5 rings (SSSR count). The number of hydrogen-bond donors (Lipinski definition) is 0. The largest absolute Gasteiger partial charge is 0.309 e. The lowest BCUT2D eigenvalue weighted by atomic mass is 10.0. The number of hydrogen-bond acceptors (Lipinski definition) is 4. The number of rotatable bonds is 4. The van der Waals surface area contributed by atoms with Crippen molar-refractivity contribution in [2.45, 2.75) is 34.2 Å². The van der Waals surface area contributed by atoms with Gasteiger partial charge in [-0.15, -0.1) is 0 Å². The molecule has 5 aromatic rings. The van der Waals surface area contributed by atoms with E-state index in [1.807, 2.05) is 70.3 Å². The van der Waals surface area contributed by atoms with Crippen LogP contribution in [0.25, 0.3) is 27.5 Å². The summed E-state index contributed by atoms with van der Waals surface area (Å²) in [5.41, 5.74) is 3.88. The smallest absolute Gasteiger partial charge is 0.260 e. The normalized spacial score (nSPS) is 10.2. The highest BCUT2D eigenvalue weighted by Crippen LogP contribution is 2.25. The Labute approximate surface area is 193 Å². The van der Waals surface area contributed by atoms with E-state index < -0.39 is 0 Å². The molecule has 0 aliphatic carbocycles. The Kier molecular flexibility index (Phi) is 7.86. The Morgan fingerprint density at radius 1 is 0.879 bits per heavy atom. The third kappa shape index (κ3) is 4.90. The number of carbonyl (C=O) groups excluding carboxylic acids is 1. The summed E-state index contributed by atoms with van der Waals surface area (Å²) in [5, 5.41) is 1.44. The summed E-state index contributed by atoms with van der Waals surface area (Å²) in [6, 6.07) is 15.4. The zero-order valence-electron chi connectivity index (χ0n) is 19.4. The molecule has 0 radical (unpaired) electrons. The zero-order chi connectivity index (χ0) is 23.8. The average molecular weight is 441 g/mol. The molecule has 6 heteroatoms. The number of benzene rings is 1. The predicted molar refractivity (Wildman–Crippen MR) is 134 cm³/mol. The van der Waals surface area contributed by atoms with Crippen molar-refractivity contribution in [2.24, 2.45) is 0 Å². The van der Waals surface area contributed by atoms with E-state index in [1.165, 1.54) is 0 Å². The van der Waals surface area contributed by atoms with Gasteiger partial charge in [0.25, 0.3) is 5.56 Å². The molecule has 0 aliphatic heterocycles. The van der Waals surface area contributed by atoms with Gasteiger partial charge < -0.3 is 8.97 Å². The number of aromatic nitrogens is 4. The fraction of sp³-hybridized carbons (Fsp3) is 0.185. The van der Waals surface area contributed by atoms with Crippen molar-refractivity contribution in [3.05, 3.63) is 101 Å². The number of fused-ring (bicyclic) bond motifs is 2.